The summed E-state index contributed by atoms with van der Waals surface area (Å²) in [5, 5.41) is 5.63. The molecule has 98 valence electrons. The number of carbonyl (C=O) groups excluding carboxylic acids is 1. The van der Waals surface area contributed by atoms with E-state index in [0.29, 0.717) is 22.5 Å². The molecule has 0 aliphatic carbocycles. The van der Waals surface area contributed by atoms with Crippen molar-refractivity contribution < 1.29 is 9.18 Å². The Morgan fingerprint density at radius 1 is 1.32 bits per heavy atom. The Morgan fingerprint density at radius 3 is 2.79 bits per heavy atom. The Hall–Kier alpha value is -2.43. The number of benzene rings is 1. The van der Waals surface area contributed by atoms with E-state index in [1.54, 1.807) is 38.5 Å². The Morgan fingerprint density at radius 2 is 2.11 bits per heavy atom. The number of halogens is 1. The van der Waals surface area contributed by atoms with Gasteiger partial charge in [0.15, 0.2) is 0 Å². The molecular weight excluding hydrogens is 245 g/mol. The molecule has 19 heavy (non-hydrogen) atoms. The van der Waals surface area contributed by atoms with E-state index in [9.17, 15) is 9.18 Å². The first-order valence-electron chi connectivity index (χ1n) is 5.81. The zero-order valence-corrected chi connectivity index (χ0v) is 10.7. The number of hydrogen-bond donors (Lipinski definition) is 2. The van der Waals surface area contributed by atoms with Crippen molar-refractivity contribution in [2.75, 3.05) is 17.7 Å². The second-order valence-electron chi connectivity index (χ2n) is 4.09. The number of pyridine rings is 1. The lowest BCUT2D eigenvalue weighted by atomic mass is 10.2. The Kier molecular flexibility index (Phi) is 3.75. The highest BCUT2D eigenvalue weighted by Crippen LogP contribution is 2.17. The Balaban J connectivity index is 2.23. The first kappa shape index (κ1) is 13.0. The third-order valence-corrected chi connectivity index (χ3v) is 2.75. The molecule has 2 rings (SSSR count). The molecule has 0 saturated carbocycles. The Labute approximate surface area is 110 Å². The summed E-state index contributed by atoms with van der Waals surface area (Å²) in [6.07, 6.45) is 3.12. The van der Waals surface area contributed by atoms with Crippen LogP contribution in [0.3, 0.4) is 0 Å². The molecular formula is C14H14FN3O. The van der Waals surface area contributed by atoms with E-state index in [0.717, 1.165) is 0 Å². The van der Waals surface area contributed by atoms with Crippen molar-refractivity contribution in [1.29, 1.82) is 0 Å². The van der Waals surface area contributed by atoms with E-state index < -0.39 is 0 Å². The van der Waals surface area contributed by atoms with E-state index >= 15 is 0 Å². The maximum absolute atomic E-state index is 13.1. The molecule has 1 heterocycles. The highest BCUT2D eigenvalue weighted by Gasteiger charge is 2.11. The lowest BCUT2D eigenvalue weighted by Gasteiger charge is -2.09. The van der Waals surface area contributed by atoms with Crippen LogP contribution in [0.5, 0.6) is 0 Å². The molecule has 1 aromatic carbocycles. The topological polar surface area (TPSA) is 54.0 Å². The van der Waals surface area contributed by atoms with Crippen LogP contribution in [-0.2, 0) is 0 Å². The van der Waals surface area contributed by atoms with Crippen LogP contribution in [0.4, 0.5) is 15.8 Å². The van der Waals surface area contributed by atoms with Gasteiger partial charge in [-0.15, -0.1) is 0 Å². The quantitative estimate of drug-likeness (QED) is 0.891. The summed E-state index contributed by atoms with van der Waals surface area (Å²) >= 11 is 0. The predicted octanol–water partition coefficient (Wildman–Crippen LogP) is 2.82. The molecule has 0 fully saturated rings. The monoisotopic (exact) mass is 259 g/mol. The summed E-state index contributed by atoms with van der Waals surface area (Å²) in [7, 11) is 1.72. The lowest BCUT2D eigenvalue weighted by molar-refractivity contribution is 0.102. The predicted molar refractivity (Wildman–Crippen MR) is 72.9 cm³/mol. The van der Waals surface area contributed by atoms with E-state index in [1.807, 2.05) is 0 Å². The zero-order valence-electron chi connectivity index (χ0n) is 10.7. The fourth-order valence-corrected chi connectivity index (χ4v) is 1.71. The third-order valence-electron chi connectivity index (χ3n) is 2.75. The molecule has 0 unspecified atom stereocenters. The summed E-state index contributed by atoms with van der Waals surface area (Å²) in [6.45, 7) is 1.65. The van der Waals surface area contributed by atoms with E-state index in [4.69, 9.17) is 0 Å². The molecule has 0 saturated heterocycles. The van der Waals surface area contributed by atoms with E-state index in [2.05, 4.69) is 15.6 Å². The smallest absolute Gasteiger partial charge is 0.257 e. The largest absolute Gasteiger partial charge is 0.386 e. The van der Waals surface area contributed by atoms with Crippen LogP contribution in [0.25, 0.3) is 0 Å². The average Bonchev–Trinajstić information content (AvgIpc) is 2.43. The maximum atomic E-state index is 13.1. The molecule has 1 amide bonds. The van der Waals surface area contributed by atoms with Gasteiger partial charge in [-0.25, -0.2) is 4.39 Å². The maximum Gasteiger partial charge on any atom is 0.257 e. The summed E-state index contributed by atoms with van der Waals surface area (Å²) in [5.41, 5.74) is 2.17. The summed E-state index contributed by atoms with van der Waals surface area (Å²) < 4.78 is 13.1. The number of anilines is 2. The molecule has 0 aliphatic rings. The van der Waals surface area contributed by atoms with Gasteiger partial charge in [0, 0.05) is 18.9 Å². The standard InChI is InChI=1S/C14H14FN3O/c1-9-7-10(3-4-12(9)15)18-14(19)11-5-6-17-8-13(11)16-2/h3-8,16H,1-2H3,(H,18,19). The number of rotatable bonds is 3. The Bertz CT molecular complexity index is 613. The van der Waals surface area contributed by atoms with Crippen molar-refractivity contribution in [2.24, 2.45) is 0 Å². The number of carbonyl (C=O) groups is 1. The van der Waals surface area contributed by atoms with Gasteiger partial charge in [0.25, 0.3) is 5.91 Å². The van der Waals surface area contributed by atoms with Gasteiger partial charge in [-0.3, -0.25) is 9.78 Å². The minimum Gasteiger partial charge on any atom is -0.386 e. The van der Waals surface area contributed by atoms with Crippen molar-refractivity contribution in [3.63, 3.8) is 0 Å². The second-order valence-corrected chi connectivity index (χ2v) is 4.09. The summed E-state index contributed by atoms with van der Waals surface area (Å²) in [6, 6.07) is 6.07. The van der Waals surface area contributed by atoms with Gasteiger partial charge in [-0.2, -0.15) is 0 Å². The molecule has 0 spiro atoms. The van der Waals surface area contributed by atoms with Crippen molar-refractivity contribution in [1.82, 2.24) is 4.98 Å². The van der Waals surface area contributed by atoms with Gasteiger partial charge in [0.05, 0.1) is 17.4 Å². The molecule has 0 aliphatic heterocycles. The molecule has 0 radical (unpaired) electrons. The number of aryl methyl sites for hydroxylation is 1. The summed E-state index contributed by atoms with van der Waals surface area (Å²) in [4.78, 5) is 16.1. The van der Waals surface area contributed by atoms with Crippen molar-refractivity contribution >= 4 is 17.3 Å². The number of nitrogens with one attached hydrogen (secondary N) is 2. The fraction of sp³-hybridized carbons (Fsp3) is 0.143. The first-order valence-corrected chi connectivity index (χ1v) is 5.81. The van der Waals surface area contributed by atoms with Gasteiger partial charge in [-0.1, -0.05) is 0 Å². The lowest BCUT2D eigenvalue weighted by Crippen LogP contribution is -2.14. The highest BCUT2D eigenvalue weighted by atomic mass is 19.1. The highest BCUT2D eigenvalue weighted by molar-refractivity contribution is 6.07. The number of aromatic nitrogens is 1. The van der Waals surface area contributed by atoms with Crippen LogP contribution >= 0.6 is 0 Å². The van der Waals surface area contributed by atoms with Crippen molar-refractivity contribution in [3.8, 4) is 0 Å². The molecule has 0 atom stereocenters. The van der Waals surface area contributed by atoms with Gasteiger partial charge in [-0.05, 0) is 36.8 Å². The van der Waals surface area contributed by atoms with Crippen LogP contribution in [0, 0.1) is 12.7 Å². The number of hydrogen-bond acceptors (Lipinski definition) is 3. The molecule has 1 aromatic heterocycles. The molecule has 0 bridgehead atoms. The van der Waals surface area contributed by atoms with Crippen LogP contribution in [-0.4, -0.2) is 17.9 Å². The second kappa shape index (κ2) is 5.48. The zero-order chi connectivity index (χ0) is 13.8. The molecule has 5 heteroatoms. The molecule has 4 nitrogen and oxygen atoms in total. The van der Waals surface area contributed by atoms with Crippen LogP contribution in [0.1, 0.15) is 15.9 Å². The van der Waals surface area contributed by atoms with Crippen molar-refractivity contribution in [3.05, 3.63) is 53.6 Å². The average molecular weight is 259 g/mol. The van der Waals surface area contributed by atoms with E-state index in [-0.39, 0.29) is 11.7 Å². The third kappa shape index (κ3) is 2.88. The van der Waals surface area contributed by atoms with Gasteiger partial charge in [0.2, 0.25) is 0 Å². The minimum atomic E-state index is -0.294. The van der Waals surface area contributed by atoms with Crippen LogP contribution in [0.2, 0.25) is 0 Å². The van der Waals surface area contributed by atoms with Crippen LogP contribution < -0.4 is 10.6 Å². The number of nitrogens with zero attached hydrogens (tertiary/aromatic N) is 1. The van der Waals surface area contributed by atoms with E-state index in [1.165, 1.54) is 12.1 Å². The van der Waals surface area contributed by atoms with Crippen molar-refractivity contribution in [2.45, 2.75) is 6.92 Å². The normalized spacial score (nSPS) is 10.1. The number of amides is 1. The first-order chi connectivity index (χ1) is 9.11. The van der Waals surface area contributed by atoms with Gasteiger partial charge < -0.3 is 10.6 Å². The van der Waals surface area contributed by atoms with Gasteiger partial charge in [0.1, 0.15) is 5.82 Å². The minimum absolute atomic E-state index is 0.266. The molecule has 2 N–H and O–H groups in total. The fourth-order valence-electron chi connectivity index (χ4n) is 1.71. The van der Waals surface area contributed by atoms with Crippen LogP contribution in [0.15, 0.2) is 36.7 Å². The summed E-state index contributed by atoms with van der Waals surface area (Å²) in [5.74, 6) is -0.560. The van der Waals surface area contributed by atoms with Gasteiger partial charge >= 0.3 is 0 Å². The molecule has 2 aromatic rings. The SMILES string of the molecule is CNc1cnccc1C(=O)Nc1ccc(F)c(C)c1.